The molecule has 1 atom stereocenters. The van der Waals surface area contributed by atoms with Crippen molar-refractivity contribution in [1.29, 1.82) is 5.26 Å². The molecule has 112 valence electrons. The van der Waals surface area contributed by atoms with Crippen LogP contribution in [-0.2, 0) is 4.74 Å². The molecule has 2 aromatic rings. The minimum atomic E-state index is 0.225. The summed E-state index contributed by atoms with van der Waals surface area (Å²) in [6, 6.07) is 9.82. The standard InChI is InChI=1S/C16H17N5O/c1-22-13-5-7-21(10-13)15-3-2-11(8-12(15)9-17)14-4-6-19-16(18)20-14/h2-4,6,8,13H,5,7,10H2,1H3,(H2,18,19,20)/t13-/m0/s1. The van der Waals surface area contributed by atoms with Crippen LogP contribution >= 0.6 is 0 Å². The number of nitrogens with two attached hydrogens (primary N) is 1. The van der Waals surface area contributed by atoms with E-state index in [9.17, 15) is 5.26 Å². The van der Waals surface area contributed by atoms with Crippen molar-refractivity contribution in [3.63, 3.8) is 0 Å². The topological polar surface area (TPSA) is 88.1 Å². The molecular formula is C16H17N5O. The fraction of sp³-hybridized carbons (Fsp3) is 0.312. The number of nitrogens with zero attached hydrogens (tertiary/aromatic N) is 4. The van der Waals surface area contributed by atoms with Crippen LogP contribution in [0.25, 0.3) is 11.3 Å². The summed E-state index contributed by atoms with van der Waals surface area (Å²) in [6.45, 7) is 1.71. The quantitative estimate of drug-likeness (QED) is 0.929. The lowest BCUT2D eigenvalue weighted by molar-refractivity contribution is 0.121. The van der Waals surface area contributed by atoms with E-state index < -0.39 is 0 Å². The summed E-state index contributed by atoms with van der Waals surface area (Å²) in [7, 11) is 1.72. The average Bonchev–Trinajstić information content (AvgIpc) is 3.03. The van der Waals surface area contributed by atoms with E-state index >= 15 is 0 Å². The van der Waals surface area contributed by atoms with Gasteiger partial charge in [-0.05, 0) is 24.6 Å². The number of aromatic nitrogens is 2. The lowest BCUT2D eigenvalue weighted by Crippen LogP contribution is -2.22. The molecule has 1 saturated heterocycles. The van der Waals surface area contributed by atoms with Crippen LogP contribution in [0.4, 0.5) is 11.6 Å². The molecule has 0 spiro atoms. The maximum absolute atomic E-state index is 9.46. The Morgan fingerprint density at radius 2 is 2.27 bits per heavy atom. The third-order valence-corrected chi connectivity index (χ3v) is 3.91. The zero-order chi connectivity index (χ0) is 15.5. The summed E-state index contributed by atoms with van der Waals surface area (Å²) in [5.74, 6) is 0.225. The van der Waals surface area contributed by atoms with Crippen molar-refractivity contribution in [2.24, 2.45) is 0 Å². The van der Waals surface area contributed by atoms with E-state index in [1.807, 2.05) is 18.2 Å². The van der Waals surface area contributed by atoms with Crippen LogP contribution in [0.5, 0.6) is 0 Å². The van der Waals surface area contributed by atoms with Crippen LogP contribution in [0, 0.1) is 11.3 Å². The highest BCUT2D eigenvalue weighted by Gasteiger charge is 2.24. The lowest BCUT2D eigenvalue weighted by atomic mass is 10.1. The lowest BCUT2D eigenvalue weighted by Gasteiger charge is -2.20. The molecule has 0 saturated carbocycles. The smallest absolute Gasteiger partial charge is 0.220 e. The summed E-state index contributed by atoms with van der Waals surface area (Å²) >= 11 is 0. The second-order valence-corrected chi connectivity index (χ2v) is 5.24. The molecule has 2 heterocycles. The molecule has 1 fully saturated rings. The number of ether oxygens (including phenoxy) is 1. The van der Waals surface area contributed by atoms with Crippen LogP contribution < -0.4 is 10.6 Å². The van der Waals surface area contributed by atoms with Gasteiger partial charge < -0.3 is 15.4 Å². The van der Waals surface area contributed by atoms with E-state index in [2.05, 4.69) is 20.9 Å². The highest BCUT2D eigenvalue weighted by molar-refractivity contribution is 5.70. The molecule has 0 unspecified atom stereocenters. The molecule has 6 nitrogen and oxygen atoms in total. The Labute approximate surface area is 129 Å². The number of hydrogen-bond acceptors (Lipinski definition) is 6. The van der Waals surface area contributed by atoms with Gasteiger partial charge in [0.25, 0.3) is 0 Å². The van der Waals surface area contributed by atoms with E-state index in [1.165, 1.54) is 0 Å². The third kappa shape index (κ3) is 2.71. The normalized spacial score (nSPS) is 17.5. The van der Waals surface area contributed by atoms with Crippen LogP contribution in [0.15, 0.2) is 30.5 Å². The van der Waals surface area contributed by atoms with Crippen LogP contribution in [0.1, 0.15) is 12.0 Å². The second-order valence-electron chi connectivity index (χ2n) is 5.24. The molecule has 22 heavy (non-hydrogen) atoms. The Bertz CT molecular complexity index is 725. The number of benzene rings is 1. The van der Waals surface area contributed by atoms with Crippen molar-refractivity contribution in [2.45, 2.75) is 12.5 Å². The molecule has 0 aliphatic carbocycles. The predicted octanol–water partition coefficient (Wildman–Crippen LogP) is 1.82. The van der Waals surface area contributed by atoms with Gasteiger partial charge in [0.15, 0.2) is 0 Å². The molecule has 3 rings (SSSR count). The largest absolute Gasteiger partial charge is 0.380 e. The first kappa shape index (κ1) is 14.3. The van der Waals surface area contributed by atoms with Gasteiger partial charge in [-0.15, -0.1) is 0 Å². The van der Waals surface area contributed by atoms with E-state index in [-0.39, 0.29) is 12.1 Å². The molecule has 1 aliphatic heterocycles. The summed E-state index contributed by atoms with van der Waals surface area (Å²) in [5.41, 5.74) is 8.76. The number of anilines is 2. The maximum Gasteiger partial charge on any atom is 0.220 e. The summed E-state index contributed by atoms with van der Waals surface area (Å²) in [6.07, 6.45) is 2.82. The van der Waals surface area contributed by atoms with Crippen molar-refractivity contribution >= 4 is 11.6 Å². The van der Waals surface area contributed by atoms with Gasteiger partial charge in [-0.3, -0.25) is 0 Å². The zero-order valence-corrected chi connectivity index (χ0v) is 12.4. The predicted molar refractivity (Wildman–Crippen MR) is 84.2 cm³/mol. The second kappa shape index (κ2) is 6.00. The van der Waals surface area contributed by atoms with Crippen molar-refractivity contribution < 1.29 is 4.74 Å². The first-order chi connectivity index (χ1) is 10.7. The van der Waals surface area contributed by atoms with Crippen LogP contribution in [-0.4, -0.2) is 36.3 Å². The molecule has 6 heteroatoms. The fourth-order valence-electron chi connectivity index (χ4n) is 2.73. The SMILES string of the molecule is CO[C@H]1CCN(c2ccc(-c3ccnc(N)n3)cc2C#N)C1. The molecule has 0 bridgehead atoms. The molecular weight excluding hydrogens is 278 g/mol. The summed E-state index contributed by atoms with van der Waals surface area (Å²) in [4.78, 5) is 10.3. The average molecular weight is 295 g/mol. The van der Waals surface area contributed by atoms with Crippen molar-refractivity contribution in [3.8, 4) is 17.3 Å². The van der Waals surface area contributed by atoms with Crippen LogP contribution in [0.2, 0.25) is 0 Å². The van der Waals surface area contributed by atoms with Gasteiger partial charge in [-0.25, -0.2) is 9.97 Å². The third-order valence-electron chi connectivity index (χ3n) is 3.91. The molecule has 1 aromatic heterocycles. The van der Waals surface area contributed by atoms with Gasteiger partial charge in [-0.2, -0.15) is 5.26 Å². The molecule has 2 N–H and O–H groups in total. The van der Waals surface area contributed by atoms with E-state index in [1.54, 1.807) is 19.4 Å². The Hall–Kier alpha value is -2.65. The number of rotatable bonds is 3. The number of nitriles is 1. The first-order valence-corrected chi connectivity index (χ1v) is 7.12. The van der Waals surface area contributed by atoms with Gasteiger partial charge >= 0.3 is 0 Å². The van der Waals surface area contributed by atoms with Crippen molar-refractivity contribution in [2.75, 3.05) is 30.8 Å². The number of methoxy groups -OCH3 is 1. The number of nitrogen functional groups attached to an aromatic ring is 1. The molecule has 1 aliphatic rings. The van der Waals surface area contributed by atoms with Gasteiger partial charge in [0.05, 0.1) is 23.0 Å². The minimum Gasteiger partial charge on any atom is -0.380 e. The summed E-state index contributed by atoms with van der Waals surface area (Å²) in [5, 5.41) is 9.46. The van der Waals surface area contributed by atoms with Gasteiger partial charge in [0, 0.05) is 32.0 Å². The van der Waals surface area contributed by atoms with E-state index in [4.69, 9.17) is 10.5 Å². The minimum absolute atomic E-state index is 0.225. The van der Waals surface area contributed by atoms with E-state index in [0.29, 0.717) is 11.3 Å². The van der Waals surface area contributed by atoms with E-state index in [0.717, 1.165) is 30.8 Å². The Kier molecular flexibility index (Phi) is 3.90. The van der Waals surface area contributed by atoms with Crippen molar-refractivity contribution in [3.05, 3.63) is 36.0 Å². The zero-order valence-electron chi connectivity index (χ0n) is 12.4. The summed E-state index contributed by atoms with van der Waals surface area (Å²) < 4.78 is 5.39. The van der Waals surface area contributed by atoms with Crippen LogP contribution in [0.3, 0.4) is 0 Å². The van der Waals surface area contributed by atoms with Gasteiger partial charge in [0.1, 0.15) is 6.07 Å². The Morgan fingerprint density at radius 3 is 2.95 bits per heavy atom. The fourth-order valence-corrected chi connectivity index (χ4v) is 2.73. The maximum atomic E-state index is 9.46. The Balaban J connectivity index is 1.93. The molecule has 0 amide bonds. The van der Waals surface area contributed by atoms with Crippen molar-refractivity contribution in [1.82, 2.24) is 9.97 Å². The molecule has 0 radical (unpaired) electrons. The van der Waals surface area contributed by atoms with Gasteiger partial charge in [-0.1, -0.05) is 6.07 Å². The Morgan fingerprint density at radius 1 is 1.41 bits per heavy atom. The first-order valence-electron chi connectivity index (χ1n) is 7.12. The number of hydrogen-bond donors (Lipinski definition) is 1. The van der Waals surface area contributed by atoms with Gasteiger partial charge in [0.2, 0.25) is 5.95 Å². The monoisotopic (exact) mass is 295 g/mol. The highest BCUT2D eigenvalue weighted by atomic mass is 16.5. The molecule has 1 aromatic carbocycles. The highest BCUT2D eigenvalue weighted by Crippen LogP contribution is 2.29.